The zero-order valence-electron chi connectivity index (χ0n) is 15.4. The van der Waals surface area contributed by atoms with Crippen LogP contribution in [-0.2, 0) is 4.79 Å². The van der Waals surface area contributed by atoms with E-state index in [4.69, 9.17) is 0 Å². The third kappa shape index (κ3) is 3.50. The van der Waals surface area contributed by atoms with Crippen LogP contribution in [0.15, 0.2) is 12.3 Å². The van der Waals surface area contributed by atoms with Crippen molar-refractivity contribution in [3.8, 4) is 0 Å². The van der Waals surface area contributed by atoms with Gasteiger partial charge in [0.25, 0.3) is 0 Å². The number of aryl methyl sites for hydroxylation is 1. The molecule has 3 heterocycles. The lowest BCUT2D eigenvalue weighted by molar-refractivity contribution is -0.130. The van der Waals surface area contributed by atoms with Crippen LogP contribution in [0.2, 0.25) is 0 Å². The molecule has 25 heavy (non-hydrogen) atoms. The maximum Gasteiger partial charge on any atom is 0.222 e. The van der Waals surface area contributed by atoms with E-state index in [0.29, 0.717) is 12.3 Å². The zero-order valence-corrected chi connectivity index (χ0v) is 15.4. The number of carbonyl (C=O) groups excluding carboxylic acids is 1. The minimum Gasteiger partial charge on any atom is -0.353 e. The summed E-state index contributed by atoms with van der Waals surface area (Å²) in [5, 5.41) is 0. The average molecular weight is 343 g/mol. The molecule has 1 unspecified atom stereocenters. The van der Waals surface area contributed by atoms with Gasteiger partial charge in [-0.1, -0.05) is 0 Å². The lowest BCUT2D eigenvalue weighted by atomic mass is 9.86. The molecule has 1 atom stereocenters. The van der Waals surface area contributed by atoms with Gasteiger partial charge in [0.1, 0.15) is 11.6 Å². The molecule has 0 radical (unpaired) electrons. The van der Waals surface area contributed by atoms with Crippen molar-refractivity contribution in [3.63, 3.8) is 0 Å². The molecule has 1 amide bonds. The third-order valence-corrected chi connectivity index (χ3v) is 6.27. The standard InChI is InChI=1S/C19H29N5O/c1-15-20-9-6-17(21-15)24-12-11-22(2)19(14-24)7-5-18(25)23(10-8-19)13-16-3-4-16/h6,9,16H,3-5,7-8,10-14H2,1-2H3. The summed E-state index contributed by atoms with van der Waals surface area (Å²) in [5.74, 6) is 2.96. The average Bonchev–Trinajstić information content (AvgIpc) is 3.43. The zero-order chi connectivity index (χ0) is 17.4. The van der Waals surface area contributed by atoms with Gasteiger partial charge >= 0.3 is 0 Å². The van der Waals surface area contributed by atoms with E-state index in [1.165, 1.54) is 12.8 Å². The fraction of sp³-hybridized carbons (Fsp3) is 0.737. The van der Waals surface area contributed by atoms with E-state index in [1.807, 2.05) is 19.2 Å². The Morgan fingerprint density at radius 1 is 1.24 bits per heavy atom. The number of rotatable bonds is 3. The first-order valence-electron chi connectivity index (χ1n) is 9.59. The van der Waals surface area contributed by atoms with Crippen molar-refractivity contribution in [1.82, 2.24) is 19.8 Å². The minimum absolute atomic E-state index is 0.0745. The Balaban J connectivity index is 1.51. The van der Waals surface area contributed by atoms with Crippen LogP contribution >= 0.6 is 0 Å². The second kappa shape index (κ2) is 6.56. The van der Waals surface area contributed by atoms with Crippen LogP contribution in [0.3, 0.4) is 0 Å². The SMILES string of the molecule is Cc1nccc(N2CCN(C)C3(CCC(=O)N(CC4CC4)CC3)C2)n1. The van der Waals surface area contributed by atoms with Gasteiger partial charge in [-0.3, -0.25) is 9.69 Å². The first-order chi connectivity index (χ1) is 12.1. The van der Waals surface area contributed by atoms with Gasteiger partial charge in [-0.2, -0.15) is 0 Å². The highest BCUT2D eigenvalue weighted by molar-refractivity contribution is 5.76. The van der Waals surface area contributed by atoms with Crippen molar-refractivity contribution < 1.29 is 4.79 Å². The summed E-state index contributed by atoms with van der Waals surface area (Å²) in [6.07, 6.45) is 7.13. The summed E-state index contributed by atoms with van der Waals surface area (Å²) >= 11 is 0. The van der Waals surface area contributed by atoms with Gasteiger partial charge in [-0.05, 0) is 51.6 Å². The summed E-state index contributed by atoms with van der Waals surface area (Å²) < 4.78 is 0. The fourth-order valence-corrected chi connectivity index (χ4v) is 4.31. The number of piperazine rings is 1. The van der Waals surface area contributed by atoms with E-state index in [2.05, 4.69) is 31.7 Å². The van der Waals surface area contributed by atoms with Gasteiger partial charge in [-0.25, -0.2) is 9.97 Å². The fourth-order valence-electron chi connectivity index (χ4n) is 4.31. The molecule has 3 fully saturated rings. The number of likely N-dealkylation sites (tertiary alicyclic amines) is 1. The molecule has 4 rings (SSSR count). The summed E-state index contributed by atoms with van der Waals surface area (Å²) in [7, 11) is 2.23. The lowest BCUT2D eigenvalue weighted by Crippen LogP contribution is -2.61. The summed E-state index contributed by atoms with van der Waals surface area (Å²) in [6.45, 7) is 6.76. The van der Waals surface area contributed by atoms with E-state index in [1.54, 1.807) is 0 Å². The predicted molar refractivity (Wildman–Crippen MR) is 97.5 cm³/mol. The molecule has 1 spiro atoms. The number of hydrogen-bond acceptors (Lipinski definition) is 5. The van der Waals surface area contributed by atoms with Crippen LogP contribution in [0.5, 0.6) is 0 Å². The van der Waals surface area contributed by atoms with Crippen molar-refractivity contribution >= 4 is 11.7 Å². The Kier molecular flexibility index (Phi) is 4.40. The van der Waals surface area contributed by atoms with Crippen LogP contribution in [0, 0.1) is 12.8 Å². The highest BCUT2D eigenvalue weighted by Crippen LogP contribution is 2.35. The Hall–Kier alpha value is -1.69. The highest BCUT2D eigenvalue weighted by Gasteiger charge is 2.43. The first-order valence-corrected chi connectivity index (χ1v) is 9.59. The number of aromatic nitrogens is 2. The molecule has 2 aliphatic heterocycles. The second-order valence-electron chi connectivity index (χ2n) is 8.06. The van der Waals surface area contributed by atoms with E-state index in [9.17, 15) is 4.79 Å². The molecule has 2 saturated heterocycles. The molecule has 3 aliphatic rings. The van der Waals surface area contributed by atoms with Gasteiger partial charge in [0.2, 0.25) is 5.91 Å². The molecule has 0 aromatic carbocycles. The van der Waals surface area contributed by atoms with E-state index in [0.717, 1.165) is 63.1 Å². The topological polar surface area (TPSA) is 52.6 Å². The van der Waals surface area contributed by atoms with Gasteiger partial charge < -0.3 is 9.80 Å². The van der Waals surface area contributed by atoms with Crippen molar-refractivity contribution in [2.24, 2.45) is 5.92 Å². The normalized spacial score (nSPS) is 28.5. The van der Waals surface area contributed by atoms with Crippen molar-refractivity contribution in [1.29, 1.82) is 0 Å². The number of hydrogen-bond donors (Lipinski definition) is 0. The van der Waals surface area contributed by atoms with Crippen molar-refractivity contribution in [2.45, 2.75) is 44.6 Å². The molecule has 6 heteroatoms. The number of carbonyl (C=O) groups is 1. The molecule has 6 nitrogen and oxygen atoms in total. The smallest absolute Gasteiger partial charge is 0.222 e. The van der Waals surface area contributed by atoms with Gasteiger partial charge in [0, 0.05) is 50.9 Å². The van der Waals surface area contributed by atoms with Crippen LogP contribution in [-0.4, -0.2) is 71.0 Å². The Morgan fingerprint density at radius 2 is 2.08 bits per heavy atom. The van der Waals surface area contributed by atoms with Crippen molar-refractivity contribution in [3.05, 3.63) is 18.1 Å². The molecule has 0 bridgehead atoms. The van der Waals surface area contributed by atoms with Crippen LogP contribution in [0.1, 0.15) is 37.9 Å². The maximum absolute atomic E-state index is 12.6. The van der Waals surface area contributed by atoms with Gasteiger partial charge in [-0.15, -0.1) is 0 Å². The second-order valence-corrected chi connectivity index (χ2v) is 8.06. The molecular formula is C19H29N5O. The quantitative estimate of drug-likeness (QED) is 0.836. The molecule has 0 N–H and O–H groups in total. The van der Waals surface area contributed by atoms with E-state index in [-0.39, 0.29) is 5.54 Å². The predicted octanol–water partition coefficient (Wildman–Crippen LogP) is 1.70. The van der Waals surface area contributed by atoms with Crippen LogP contribution < -0.4 is 4.90 Å². The highest BCUT2D eigenvalue weighted by atomic mass is 16.2. The Morgan fingerprint density at radius 3 is 2.84 bits per heavy atom. The van der Waals surface area contributed by atoms with Crippen molar-refractivity contribution in [2.75, 3.05) is 44.7 Å². The minimum atomic E-state index is 0.0745. The van der Waals surface area contributed by atoms with Gasteiger partial charge in [0.05, 0.1) is 0 Å². The Bertz CT molecular complexity index is 646. The summed E-state index contributed by atoms with van der Waals surface area (Å²) in [4.78, 5) is 28.4. The maximum atomic E-state index is 12.6. The molecule has 1 aromatic rings. The summed E-state index contributed by atoms with van der Waals surface area (Å²) in [6, 6.07) is 2.01. The number of amides is 1. The third-order valence-electron chi connectivity index (χ3n) is 6.27. The molecule has 1 aromatic heterocycles. The first kappa shape index (κ1) is 16.8. The Labute approximate surface area is 150 Å². The summed E-state index contributed by atoms with van der Waals surface area (Å²) in [5.41, 5.74) is 0.0745. The van der Waals surface area contributed by atoms with E-state index >= 15 is 0 Å². The molecular weight excluding hydrogens is 314 g/mol. The number of anilines is 1. The van der Waals surface area contributed by atoms with Crippen LogP contribution in [0.4, 0.5) is 5.82 Å². The van der Waals surface area contributed by atoms with Gasteiger partial charge in [0.15, 0.2) is 0 Å². The monoisotopic (exact) mass is 343 g/mol. The molecule has 1 saturated carbocycles. The molecule has 136 valence electrons. The van der Waals surface area contributed by atoms with E-state index < -0.39 is 0 Å². The lowest BCUT2D eigenvalue weighted by Gasteiger charge is -2.49. The molecule has 1 aliphatic carbocycles. The number of nitrogens with zero attached hydrogens (tertiary/aromatic N) is 5. The largest absolute Gasteiger partial charge is 0.353 e. The van der Waals surface area contributed by atoms with Crippen LogP contribution in [0.25, 0.3) is 0 Å². The number of likely N-dealkylation sites (N-methyl/N-ethyl adjacent to an activating group) is 1.